The SMILES string of the molecule is CC(C)c1cc2c(o1)C(N)C1(CC2)CC1. The molecule has 1 aromatic heterocycles. The summed E-state index contributed by atoms with van der Waals surface area (Å²) >= 11 is 0. The van der Waals surface area contributed by atoms with Gasteiger partial charge in [-0.3, -0.25) is 0 Å². The van der Waals surface area contributed by atoms with Gasteiger partial charge in [0.05, 0.1) is 6.04 Å². The Morgan fingerprint density at radius 2 is 2.13 bits per heavy atom. The molecule has 0 aliphatic heterocycles. The Hall–Kier alpha value is -0.760. The van der Waals surface area contributed by atoms with Crippen LogP contribution in [0.25, 0.3) is 0 Å². The van der Waals surface area contributed by atoms with E-state index >= 15 is 0 Å². The zero-order valence-corrected chi connectivity index (χ0v) is 9.55. The second-order valence-electron chi connectivity index (χ2n) is 5.53. The van der Waals surface area contributed by atoms with Gasteiger partial charge in [0.1, 0.15) is 11.5 Å². The van der Waals surface area contributed by atoms with Crippen LogP contribution in [0.2, 0.25) is 0 Å². The van der Waals surface area contributed by atoms with Crippen molar-refractivity contribution < 1.29 is 4.42 Å². The van der Waals surface area contributed by atoms with Gasteiger partial charge in [-0.15, -0.1) is 0 Å². The fourth-order valence-corrected chi connectivity index (χ4v) is 2.75. The smallest absolute Gasteiger partial charge is 0.124 e. The van der Waals surface area contributed by atoms with Crippen molar-refractivity contribution in [3.8, 4) is 0 Å². The molecule has 82 valence electrons. The van der Waals surface area contributed by atoms with Crippen LogP contribution >= 0.6 is 0 Å². The Labute approximate surface area is 90.8 Å². The lowest BCUT2D eigenvalue weighted by molar-refractivity contribution is 0.292. The molecule has 0 saturated heterocycles. The summed E-state index contributed by atoms with van der Waals surface area (Å²) in [5.74, 6) is 2.66. The second kappa shape index (κ2) is 2.88. The monoisotopic (exact) mass is 205 g/mol. The van der Waals surface area contributed by atoms with Gasteiger partial charge in [-0.05, 0) is 42.7 Å². The van der Waals surface area contributed by atoms with Gasteiger partial charge in [0.2, 0.25) is 0 Å². The minimum atomic E-state index is 0.161. The first-order chi connectivity index (χ1) is 7.12. The molecule has 15 heavy (non-hydrogen) atoms. The lowest BCUT2D eigenvalue weighted by atomic mass is 9.82. The Morgan fingerprint density at radius 1 is 1.40 bits per heavy atom. The van der Waals surface area contributed by atoms with E-state index in [2.05, 4.69) is 19.9 Å². The lowest BCUT2D eigenvalue weighted by Crippen LogP contribution is -2.27. The van der Waals surface area contributed by atoms with E-state index < -0.39 is 0 Å². The minimum Gasteiger partial charge on any atom is -0.464 e. The van der Waals surface area contributed by atoms with Crippen molar-refractivity contribution in [3.63, 3.8) is 0 Å². The van der Waals surface area contributed by atoms with Crippen LogP contribution in [0.5, 0.6) is 0 Å². The summed E-state index contributed by atoms with van der Waals surface area (Å²) in [6, 6.07) is 2.38. The molecular weight excluding hydrogens is 186 g/mol. The highest BCUT2D eigenvalue weighted by molar-refractivity contribution is 5.32. The number of hydrogen-bond donors (Lipinski definition) is 1. The maximum absolute atomic E-state index is 6.31. The number of hydrogen-bond acceptors (Lipinski definition) is 2. The molecule has 0 radical (unpaired) electrons. The molecule has 1 aromatic rings. The summed E-state index contributed by atoms with van der Waals surface area (Å²) in [7, 11) is 0. The first-order valence-electron chi connectivity index (χ1n) is 6.00. The molecule has 1 heterocycles. The molecule has 2 aliphatic rings. The van der Waals surface area contributed by atoms with Crippen molar-refractivity contribution >= 4 is 0 Å². The molecule has 2 heteroatoms. The summed E-state index contributed by atoms with van der Waals surface area (Å²) in [6.07, 6.45) is 5.02. The number of furan rings is 1. The highest BCUT2D eigenvalue weighted by atomic mass is 16.3. The van der Waals surface area contributed by atoms with Crippen molar-refractivity contribution in [1.82, 2.24) is 0 Å². The zero-order chi connectivity index (χ0) is 10.6. The van der Waals surface area contributed by atoms with Gasteiger partial charge < -0.3 is 10.2 Å². The van der Waals surface area contributed by atoms with Crippen LogP contribution in [-0.2, 0) is 6.42 Å². The van der Waals surface area contributed by atoms with Gasteiger partial charge in [-0.2, -0.15) is 0 Å². The van der Waals surface area contributed by atoms with E-state index in [9.17, 15) is 0 Å². The van der Waals surface area contributed by atoms with Gasteiger partial charge >= 0.3 is 0 Å². The predicted octanol–water partition coefficient (Wildman–Crippen LogP) is 3.13. The number of rotatable bonds is 1. The molecule has 1 saturated carbocycles. The quantitative estimate of drug-likeness (QED) is 0.765. The molecule has 2 nitrogen and oxygen atoms in total. The van der Waals surface area contributed by atoms with Crippen LogP contribution in [0.15, 0.2) is 10.5 Å². The van der Waals surface area contributed by atoms with Crippen LogP contribution < -0.4 is 5.73 Å². The largest absolute Gasteiger partial charge is 0.464 e. The predicted molar refractivity (Wildman–Crippen MR) is 59.7 cm³/mol. The highest BCUT2D eigenvalue weighted by Crippen LogP contribution is 2.60. The molecular formula is C13H19NO. The van der Waals surface area contributed by atoms with Crippen molar-refractivity contribution in [3.05, 3.63) is 23.2 Å². The first-order valence-corrected chi connectivity index (χ1v) is 6.00. The highest BCUT2D eigenvalue weighted by Gasteiger charge is 2.52. The van der Waals surface area contributed by atoms with Crippen molar-refractivity contribution in [1.29, 1.82) is 0 Å². The number of aryl methyl sites for hydroxylation is 1. The third-order valence-electron chi connectivity index (χ3n) is 4.16. The molecule has 0 bridgehead atoms. The van der Waals surface area contributed by atoms with E-state index in [4.69, 9.17) is 10.2 Å². The summed E-state index contributed by atoms with van der Waals surface area (Å²) in [4.78, 5) is 0. The Bertz CT molecular complexity index is 387. The Kier molecular flexibility index (Phi) is 1.82. The second-order valence-corrected chi connectivity index (χ2v) is 5.53. The fourth-order valence-electron chi connectivity index (χ4n) is 2.75. The summed E-state index contributed by atoms with van der Waals surface area (Å²) in [6.45, 7) is 4.34. The standard InChI is InChI=1S/C13H19NO/c1-8(2)10-7-9-3-4-13(5-6-13)12(14)11(9)15-10/h7-8,12H,3-6,14H2,1-2H3. The van der Waals surface area contributed by atoms with Gasteiger partial charge in [-0.1, -0.05) is 13.8 Å². The molecule has 1 fully saturated rings. The first kappa shape index (κ1) is 9.46. The van der Waals surface area contributed by atoms with Gasteiger partial charge in [0, 0.05) is 5.92 Å². The minimum absolute atomic E-state index is 0.161. The average Bonchev–Trinajstić information content (AvgIpc) is 2.83. The Morgan fingerprint density at radius 3 is 2.73 bits per heavy atom. The maximum atomic E-state index is 6.31. The van der Waals surface area contributed by atoms with Crippen molar-refractivity contribution in [2.75, 3.05) is 0 Å². The van der Waals surface area contributed by atoms with Crippen LogP contribution in [0, 0.1) is 5.41 Å². The van der Waals surface area contributed by atoms with Crippen molar-refractivity contribution in [2.24, 2.45) is 11.1 Å². The third kappa shape index (κ3) is 1.27. The van der Waals surface area contributed by atoms with Crippen LogP contribution in [0.4, 0.5) is 0 Å². The molecule has 2 N–H and O–H groups in total. The van der Waals surface area contributed by atoms with E-state index in [-0.39, 0.29) is 6.04 Å². The Balaban J connectivity index is 2.00. The summed E-state index contributed by atoms with van der Waals surface area (Å²) in [5, 5.41) is 0. The molecule has 2 aliphatic carbocycles. The molecule has 1 atom stereocenters. The van der Waals surface area contributed by atoms with E-state index in [0.29, 0.717) is 11.3 Å². The normalized spacial score (nSPS) is 27.1. The topological polar surface area (TPSA) is 39.2 Å². The van der Waals surface area contributed by atoms with Crippen LogP contribution in [0.1, 0.15) is 62.2 Å². The molecule has 0 aromatic carbocycles. The maximum Gasteiger partial charge on any atom is 0.124 e. The molecule has 3 rings (SSSR count). The summed E-state index contributed by atoms with van der Waals surface area (Å²) < 4.78 is 5.93. The lowest BCUT2D eigenvalue weighted by Gasteiger charge is -2.27. The molecule has 0 amide bonds. The van der Waals surface area contributed by atoms with Crippen LogP contribution in [-0.4, -0.2) is 0 Å². The number of nitrogens with two attached hydrogens (primary N) is 1. The zero-order valence-electron chi connectivity index (χ0n) is 9.55. The van der Waals surface area contributed by atoms with E-state index in [1.165, 1.54) is 31.2 Å². The van der Waals surface area contributed by atoms with Gasteiger partial charge in [0.25, 0.3) is 0 Å². The number of fused-ring (bicyclic) bond motifs is 1. The van der Waals surface area contributed by atoms with Crippen molar-refractivity contribution in [2.45, 2.75) is 51.5 Å². The van der Waals surface area contributed by atoms with Gasteiger partial charge in [-0.25, -0.2) is 0 Å². The molecule has 1 unspecified atom stereocenters. The summed E-state index contributed by atoms with van der Waals surface area (Å²) in [5.41, 5.74) is 8.09. The fraction of sp³-hybridized carbons (Fsp3) is 0.692. The molecule has 1 spiro atoms. The van der Waals surface area contributed by atoms with E-state index in [0.717, 1.165) is 11.5 Å². The van der Waals surface area contributed by atoms with E-state index in [1.54, 1.807) is 0 Å². The van der Waals surface area contributed by atoms with E-state index in [1.807, 2.05) is 0 Å². The van der Waals surface area contributed by atoms with Gasteiger partial charge in [0.15, 0.2) is 0 Å². The third-order valence-corrected chi connectivity index (χ3v) is 4.16. The average molecular weight is 205 g/mol. The van der Waals surface area contributed by atoms with Crippen LogP contribution in [0.3, 0.4) is 0 Å².